The molecule has 41 heavy (non-hydrogen) atoms. The second-order valence-corrected chi connectivity index (χ2v) is 11.9. The summed E-state index contributed by atoms with van der Waals surface area (Å²) in [6.07, 6.45) is 0. The highest BCUT2D eigenvalue weighted by Crippen LogP contribution is 2.31. The van der Waals surface area contributed by atoms with Crippen molar-refractivity contribution in [3.8, 4) is 5.69 Å². The topological polar surface area (TPSA) is 106 Å². The lowest BCUT2D eigenvalue weighted by Crippen LogP contribution is -2.36. The number of rotatable bonds is 7. The maximum absolute atomic E-state index is 13.8. The predicted molar refractivity (Wildman–Crippen MR) is 160 cm³/mol. The van der Waals surface area contributed by atoms with Gasteiger partial charge in [-0.2, -0.15) is 0 Å². The van der Waals surface area contributed by atoms with Gasteiger partial charge in [-0.25, -0.2) is 13.1 Å². The summed E-state index contributed by atoms with van der Waals surface area (Å²) in [4.78, 5) is 28.6. The normalized spacial score (nSPS) is 13.7. The molecule has 1 N–H and O–H groups in total. The van der Waals surface area contributed by atoms with Crippen LogP contribution in [-0.2, 0) is 21.8 Å². The van der Waals surface area contributed by atoms with Crippen molar-refractivity contribution in [2.75, 3.05) is 47.9 Å². The second-order valence-electron chi connectivity index (χ2n) is 9.60. The number of nitrogens with zero attached hydrogens (tertiary/aromatic N) is 4. The number of nitrogens with one attached hydrogen (secondary N) is 1. The van der Waals surface area contributed by atoms with Crippen LogP contribution in [0.5, 0.6) is 0 Å². The number of para-hydroxylation sites is 3. The van der Waals surface area contributed by atoms with Gasteiger partial charge in [-0.15, -0.1) is 0 Å². The molecule has 4 aromatic rings. The zero-order chi connectivity index (χ0) is 29.3. The summed E-state index contributed by atoms with van der Waals surface area (Å²) in [5.41, 5.74) is 2.04. The average Bonchev–Trinajstić information content (AvgIpc) is 3.20. The lowest BCUT2D eigenvalue weighted by Gasteiger charge is -2.30. The van der Waals surface area contributed by atoms with Crippen LogP contribution in [0.2, 0.25) is 5.02 Å². The Labute approximate surface area is 243 Å². The lowest BCUT2D eigenvalue weighted by atomic mass is 10.2. The number of hydrogen-bond acceptors (Lipinski definition) is 6. The number of carbonyl (C=O) groups excluding carboxylic acids is 1. The first-order chi connectivity index (χ1) is 19.6. The molecular weight excluding hydrogens is 566 g/mol. The molecule has 1 amide bonds. The predicted octanol–water partition coefficient (Wildman–Crippen LogP) is 4.05. The van der Waals surface area contributed by atoms with Crippen LogP contribution in [-0.4, -0.2) is 57.0 Å². The van der Waals surface area contributed by atoms with E-state index < -0.39 is 21.5 Å². The summed E-state index contributed by atoms with van der Waals surface area (Å²) in [6, 6.07) is 20.4. The molecule has 1 saturated heterocycles. The van der Waals surface area contributed by atoms with Gasteiger partial charge in [-0.1, -0.05) is 41.9 Å². The van der Waals surface area contributed by atoms with Crippen LogP contribution in [0.1, 0.15) is 16.1 Å². The van der Waals surface area contributed by atoms with Crippen molar-refractivity contribution in [1.29, 1.82) is 0 Å². The van der Waals surface area contributed by atoms with E-state index in [0.717, 1.165) is 9.99 Å². The molecule has 0 saturated carbocycles. The Balaban J connectivity index is 1.47. The van der Waals surface area contributed by atoms with Crippen molar-refractivity contribution >= 4 is 44.6 Å². The molecule has 1 aliphatic heterocycles. The number of halogens is 1. The highest BCUT2D eigenvalue weighted by atomic mass is 35.5. The van der Waals surface area contributed by atoms with Crippen molar-refractivity contribution in [3.05, 3.63) is 99.4 Å². The summed E-state index contributed by atoms with van der Waals surface area (Å²) < 4.78 is 37.0. The van der Waals surface area contributed by atoms with E-state index in [1.807, 2.05) is 24.3 Å². The Hall–Kier alpha value is -4.06. The highest BCUT2D eigenvalue weighted by molar-refractivity contribution is 7.93. The van der Waals surface area contributed by atoms with Crippen LogP contribution in [0.15, 0.2) is 82.5 Å². The van der Waals surface area contributed by atoms with E-state index in [-0.39, 0.29) is 21.2 Å². The Bertz CT molecular complexity index is 1760. The Morgan fingerprint density at radius 1 is 1.00 bits per heavy atom. The van der Waals surface area contributed by atoms with Gasteiger partial charge in [0.2, 0.25) is 0 Å². The molecule has 1 aliphatic rings. The molecule has 0 bridgehead atoms. The van der Waals surface area contributed by atoms with Gasteiger partial charge in [0.1, 0.15) is 10.6 Å². The lowest BCUT2D eigenvalue weighted by molar-refractivity contribution is 0.102. The summed E-state index contributed by atoms with van der Waals surface area (Å²) in [7, 11) is -1.35. The van der Waals surface area contributed by atoms with Crippen LogP contribution in [0.3, 0.4) is 0 Å². The molecule has 3 aromatic carbocycles. The van der Waals surface area contributed by atoms with Crippen molar-refractivity contribution in [2.45, 2.75) is 11.8 Å². The fourth-order valence-electron chi connectivity index (χ4n) is 4.88. The third-order valence-electron chi connectivity index (χ3n) is 7.17. The number of aromatic nitrogens is 2. The van der Waals surface area contributed by atoms with Crippen LogP contribution in [0.4, 0.5) is 17.1 Å². The fourth-order valence-corrected chi connectivity index (χ4v) is 6.63. The summed E-state index contributed by atoms with van der Waals surface area (Å²) in [5.74, 6) is -0.496. The minimum atomic E-state index is -4.33. The first-order valence-electron chi connectivity index (χ1n) is 13.0. The second kappa shape index (κ2) is 11.4. The maximum atomic E-state index is 13.8. The average molecular weight is 596 g/mol. The van der Waals surface area contributed by atoms with E-state index in [4.69, 9.17) is 16.3 Å². The fraction of sp³-hybridized carbons (Fsp3) is 0.241. The molecule has 0 spiro atoms. The van der Waals surface area contributed by atoms with E-state index in [1.54, 1.807) is 49.0 Å². The Kier molecular flexibility index (Phi) is 7.94. The molecule has 0 radical (unpaired) electrons. The van der Waals surface area contributed by atoms with E-state index in [9.17, 15) is 18.0 Å². The molecule has 10 nitrogen and oxygen atoms in total. The summed E-state index contributed by atoms with van der Waals surface area (Å²) >= 11 is 6.37. The molecular formula is C29H30ClN5O5S. The molecule has 2 heterocycles. The molecule has 1 fully saturated rings. The van der Waals surface area contributed by atoms with Gasteiger partial charge < -0.3 is 15.0 Å². The molecule has 12 heteroatoms. The number of sulfonamides is 1. The SMILES string of the molecule is Cc1c(N(C)S(=O)(=O)c2cc(C(=O)Nc3ccccc3N3CCOCC3)ccc2Cl)c(=O)n(-c2ccccc2)n1C. The van der Waals surface area contributed by atoms with Crippen molar-refractivity contribution in [2.24, 2.45) is 7.05 Å². The minimum absolute atomic E-state index is 0.0262. The molecule has 5 rings (SSSR count). The number of benzene rings is 3. The van der Waals surface area contributed by atoms with Gasteiger partial charge in [0, 0.05) is 32.7 Å². The third-order valence-corrected chi connectivity index (χ3v) is 9.41. The van der Waals surface area contributed by atoms with E-state index >= 15 is 0 Å². The Morgan fingerprint density at radius 3 is 2.37 bits per heavy atom. The number of amides is 1. The number of morpholine rings is 1. The van der Waals surface area contributed by atoms with Crippen molar-refractivity contribution < 1.29 is 17.9 Å². The van der Waals surface area contributed by atoms with E-state index in [0.29, 0.717) is 43.4 Å². The van der Waals surface area contributed by atoms with E-state index in [2.05, 4.69) is 10.2 Å². The Morgan fingerprint density at radius 2 is 1.66 bits per heavy atom. The van der Waals surface area contributed by atoms with Gasteiger partial charge >= 0.3 is 0 Å². The van der Waals surface area contributed by atoms with Crippen LogP contribution < -0.4 is 20.1 Å². The third kappa shape index (κ3) is 5.35. The van der Waals surface area contributed by atoms with E-state index in [1.165, 1.54) is 29.9 Å². The molecule has 0 atom stereocenters. The maximum Gasteiger partial charge on any atom is 0.296 e. The summed E-state index contributed by atoms with van der Waals surface area (Å²) in [6.45, 7) is 4.22. The van der Waals surface area contributed by atoms with Gasteiger partial charge in [-0.05, 0) is 49.4 Å². The van der Waals surface area contributed by atoms with Gasteiger partial charge in [0.05, 0.1) is 41.0 Å². The van der Waals surface area contributed by atoms with Gasteiger partial charge in [0.15, 0.2) is 0 Å². The smallest absolute Gasteiger partial charge is 0.296 e. The van der Waals surface area contributed by atoms with Gasteiger partial charge in [-0.3, -0.25) is 18.6 Å². The first-order valence-corrected chi connectivity index (χ1v) is 14.8. The van der Waals surface area contributed by atoms with Crippen LogP contribution >= 0.6 is 11.6 Å². The zero-order valence-electron chi connectivity index (χ0n) is 22.9. The molecule has 1 aromatic heterocycles. The monoisotopic (exact) mass is 595 g/mol. The number of carbonyl (C=O) groups is 1. The van der Waals surface area contributed by atoms with Crippen molar-refractivity contribution in [1.82, 2.24) is 9.36 Å². The quantitative estimate of drug-likeness (QED) is 0.346. The molecule has 0 aliphatic carbocycles. The number of hydrogen-bond donors (Lipinski definition) is 1. The molecule has 214 valence electrons. The van der Waals surface area contributed by atoms with Gasteiger partial charge in [0.25, 0.3) is 21.5 Å². The van der Waals surface area contributed by atoms with Crippen LogP contribution in [0.25, 0.3) is 5.69 Å². The van der Waals surface area contributed by atoms with Crippen LogP contribution in [0, 0.1) is 6.92 Å². The minimum Gasteiger partial charge on any atom is -0.378 e. The van der Waals surface area contributed by atoms with Crippen molar-refractivity contribution in [3.63, 3.8) is 0 Å². The standard InChI is InChI=1S/C29H30ClN5O5S/c1-20-27(29(37)35(32(20)2)22-9-5-4-6-10-22)33(3)41(38,39)26-19-21(13-14-23(26)30)28(36)31-24-11-7-8-12-25(24)34-15-17-40-18-16-34/h4-14,19H,15-18H2,1-3H3,(H,31,36). The first kappa shape index (κ1) is 28.5. The number of anilines is 3. The highest BCUT2D eigenvalue weighted by Gasteiger charge is 2.31. The number of ether oxygens (including phenoxy) is 1. The molecule has 0 unspecified atom stereocenters. The largest absolute Gasteiger partial charge is 0.378 e. The summed E-state index contributed by atoms with van der Waals surface area (Å²) in [5, 5.41) is 2.83. The zero-order valence-corrected chi connectivity index (χ0v) is 24.4.